The first-order valence-corrected chi connectivity index (χ1v) is 10.9. The smallest absolute Gasteiger partial charge is 0.359 e. The molecule has 0 spiro atoms. The fraction of sp³-hybridized carbons (Fsp3) is 0.240. The molecule has 180 valence electrons. The van der Waals surface area contributed by atoms with Gasteiger partial charge in [0.2, 0.25) is 5.78 Å². The van der Waals surface area contributed by atoms with Crippen molar-refractivity contribution < 1.29 is 14.3 Å². The summed E-state index contributed by atoms with van der Waals surface area (Å²) in [6.45, 7) is 4.90. The van der Waals surface area contributed by atoms with E-state index in [2.05, 4.69) is 5.10 Å². The Kier molecular flexibility index (Phi) is 6.12. The number of ketones is 1. The summed E-state index contributed by atoms with van der Waals surface area (Å²) in [6, 6.07) is 13.4. The van der Waals surface area contributed by atoms with Gasteiger partial charge < -0.3 is 9.30 Å². The van der Waals surface area contributed by atoms with Gasteiger partial charge in [-0.2, -0.15) is 5.10 Å². The molecule has 0 aliphatic rings. The molecule has 1 aromatic carbocycles. The third-order valence-electron chi connectivity index (χ3n) is 5.98. The maximum atomic E-state index is 13.5. The fourth-order valence-corrected chi connectivity index (χ4v) is 4.09. The lowest BCUT2D eigenvalue weighted by Crippen LogP contribution is -2.23. The van der Waals surface area contributed by atoms with E-state index >= 15 is 0 Å². The topological polar surface area (TPSA) is 110 Å². The Balaban J connectivity index is 1.64. The van der Waals surface area contributed by atoms with Gasteiger partial charge in [-0.25, -0.2) is 14.2 Å². The van der Waals surface area contributed by atoms with Gasteiger partial charge in [-0.3, -0.25) is 19.1 Å². The van der Waals surface area contributed by atoms with Crippen molar-refractivity contribution in [3.8, 4) is 11.4 Å². The Bertz CT molecular complexity index is 1570. The van der Waals surface area contributed by atoms with Crippen LogP contribution < -0.4 is 11.1 Å². The average molecular weight is 476 g/mol. The number of aromatic nitrogens is 5. The van der Waals surface area contributed by atoms with Gasteiger partial charge in [0.15, 0.2) is 12.3 Å². The second-order valence-electron chi connectivity index (χ2n) is 8.21. The summed E-state index contributed by atoms with van der Waals surface area (Å²) in [5, 5.41) is 3.83. The number of nitrogens with zero attached hydrogens (tertiary/aromatic N) is 5. The Morgan fingerprint density at radius 1 is 0.943 bits per heavy atom. The van der Waals surface area contributed by atoms with Crippen molar-refractivity contribution in [3.63, 3.8) is 0 Å². The largest absolute Gasteiger partial charge is 0.453 e. The van der Waals surface area contributed by atoms with E-state index in [9.17, 15) is 19.2 Å². The molecule has 4 aromatic rings. The highest BCUT2D eigenvalue weighted by Crippen LogP contribution is 2.23. The van der Waals surface area contributed by atoms with E-state index in [4.69, 9.17) is 4.74 Å². The molecule has 35 heavy (non-hydrogen) atoms. The normalized spacial score (nSPS) is 11.0. The van der Waals surface area contributed by atoms with E-state index in [-0.39, 0.29) is 16.8 Å². The van der Waals surface area contributed by atoms with E-state index in [1.54, 1.807) is 34.0 Å². The number of carbonyl (C=O) groups is 2. The lowest BCUT2D eigenvalue weighted by molar-refractivity contribution is 0.0466. The van der Waals surface area contributed by atoms with Crippen molar-refractivity contribution in [3.05, 3.63) is 97.6 Å². The van der Waals surface area contributed by atoms with Crippen LogP contribution in [0.1, 0.15) is 37.9 Å². The average Bonchev–Trinajstić information content (AvgIpc) is 3.25. The number of ether oxygens (including phenoxy) is 1. The zero-order valence-electron chi connectivity index (χ0n) is 20.1. The van der Waals surface area contributed by atoms with Crippen molar-refractivity contribution in [2.24, 2.45) is 14.1 Å². The number of esters is 1. The molecule has 0 atom stereocenters. The molecular formula is C25H25N5O5. The molecule has 0 saturated carbocycles. The van der Waals surface area contributed by atoms with Crippen molar-refractivity contribution in [2.45, 2.75) is 20.8 Å². The molecular weight excluding hydrogens is 450 g/mol. The summed E-state index contributed by atoms with van der Waals surface area (Å²) >= 11 is 0. The van der Waals surface area contributed by atoms with Crippen LogP contribution in [0.5, 0.6) is 0 Å². The fourth-order valence-electron chi connectivity index (χ4n) is 4.09. The Morgan fingerprint density at radius 2 is 1.63 bits per heavy atom. The Morgan fingerprint density at radius 3 is 2.29 bits per heavy atom. The molecule has 3 aromatic heterocycles. The number of para-hydroxylation sites is 1. The molecule has 0 unspecified atom stereocenters. The van der Waals surface area contributed by atoms with E-state index in [0.29, 0.717) is 22.6 Å². The number of benzene rings is 1. The minimum Gasteiger partial charge on any atom is -0.453 e. The summed E-state index contributed by atoms with van der Waals surface area (Å²) < 4.78 is 11.2. The standard InChI is InChI=1S/C25H25N5O5/c1-15-13-19(21(31)14-35-25(34)20-11-12-22(32)27(4)26-20)16(2)29(15)23-17(3)28(5)30(24(23)33)18-9-7-6-8-10-18/h6-13H,14H2,1-5H3. The Labute approximate surface area is 200 Å². The van der Waals surface area contributed by atoms with Crippen molar-refractivity contribution in [1.82, 2.24) is 23.7 Å². The summed E-state index contributed by atoms with van der Waals surface area (Å²) in [5.41, 5.74) is 2.84. The molecule has 10 nitrogen and oxygen atoms in total. The number of hydrogen-bond donors (Lipinski definition) is 0. The number of aryl methyl sites for hydroxylation is 2. The summed E-state index contributed by atoms with van der Waals surface area (Å²) in [7, 11) is 3.22. The molecule has 0 radical (unpaired) electrons. The van der Waals surface area contributed by atoms with Crippen LogP contribution in [0.2, 0.25) is 0 Å². The van der Waals surface area contributed by atoms with Crippen LogP contribution in [0.15, 0.2) is 58.1 Å². The van der Waals surface area contributed by atoms with E-state index < -0.39 is 18.4 Å². The summed E-state index contributed by atoms with van der Waals surface area (Å²) in [6.07, 6.45) is 0. The highest BCUT2D eigenvalue weighted by molar-refractivity contribution is 6.00. The predicted octanol–water partition coefficient (Wildman–Crippen LogP) is 2.03. The lowest BCUT2D eigenvalue weighted by Gasteiger charge is -2.09. The van der Waals surface area contributed by atoms with Gasteiger partial charge in [0.1, 0.15) is 5.69 Å². The van der Waals surface area contributed by atoms with Crippen LogP contribution in [0.25, 0.3) is 11.4 Å². The molecule has 0 fully saturated rings. The van der Waals surface area contributed by atoms with E-state index in [1.165, 1.54) is 19.2 Å². The van der Waals surface area contributed by atoms with Crippen LogP contribution in [0.3, 0.4) is 0 Å². The quantitative estimate of drug-likeness (QED) is 0.312. The first kappa shape index (κ1) is 23.7. The maximum Gasteiger partial charge on any atom is 0.359 e. The third kappa shape index (κ3) is 4.14. The van der Waals surface area contributed by atoms with Gasteiger partial charge in [-0.15, -0.1) is 0 Å². The second-order valence-corrected chi connectivity index (χ2v) is 8.21. The molecule has 0 bridgehead atoms. The number of carbonyl (C=O) groups excluding carboxylic acids is 2. The van der Waals surface area contributed by atoms with Crippen molar-refractivity contribution in [2.75, 3.05) is 6.61 Å². The minimum absolute atomic E-state index is 0.0771. The van der Waals surface area contributed by atoms with E-state index in [0.717, 1.165) is 16.1 Å². The van der Waals surface area contributed by atoms with Gasteiger partial charge in [-0.1, -0.05) is 18.2 Å². The van der Waals surface area contributed by atoms with Crippen LogP contribution in [-0.4, -0.2) is 42.1 Å². The molecule has 4 rings (SSSR count). The second kappa shape index (κ2) is 9.05. The maximum absolute atomic E-state index is 13.5. The van der Waals surface area contributed by atoms with Gasteiger partial charge in [0, 0.05) is 37.1 Å². The van der Waals surface area contributed by atoms with Gasteiger partial charge in [-0.05, 0) is 45.0 Å². The summed E-state index contributed by atoms with van der Waals surface area (Å²) in [5.74, 6) is -1.23. The zero-order valence-corrected chi connectivity index (χ0v) is 20.1. The number of hydrogen-bond acceptors (Lipinski definition) is 6. The van der Waals surface area contributed by atoms with Crippen LogP contribution >= 0.6 is 0 Å². The third-order valence-corrected chi connectivity index (χ3v) is 5.98. The van der Waals surface area contributed by atoms with Crippen LogP contribution in [0.4, 0.5) is 0 Å². The van der Waals surface area contributed by atoms with Gasteiger partial charge in [0.05, 0.1) is 11.4 Å². The molecule has 10 heteroatoms. The van der Waals surface area contributed by atoms with Gasteiger partial charge in [0.25, 0.3) is 11.1 Å². The van der Waals surface area contributed by atoms with Gasteiger partial charge >= 0.3 is 5.97 Å². The number of Topliss-reactive ketones (excluding diaryl/α,β-unsaturated/α-hetero) is 1. The number of rotatable bonds is 6. The molecule has 0 amide bonds. The first-order valence-electron chi connectivity index (χ1n) is 10.9. The van der Waals surface area contributed by atoms with Crippen LogP contribution in [0, 0.1) is 20.8 Å². The highest BCUT2D eigenvalue weighted by atomic mass is 16.5. The van der Waals surface area contributed by atoms with Crippen molar-refractivity contribution >= 4 is 11.8 Å². The summed E-state index contributed by atoms with van der Waals surface area (Å²) in [4.78, 5) is 50.1. The lowest BCUT2D eigenvalue weighted by atomic mass is 10.1. The molecule has 0 aliphatic heterocycles. The predicted molar refractivity (Wildman–Crippen MR) is 129 cm³/mol. The monoisotopic (exact) mass is 475 g/mol. The highest BCUT2D eigenvalue weighted by Gasteiger charge is 2.24. The van der Waals surface area contributed by atoms with E-state index in [1.807, 2.05) is 44.2 Å². The first-order chi connectivity index (χ1) is 16.6. The molecule has 3 heterocycles. The molecule has 0 saturated heterocycles. The van der Waals surface area contributed by atoms with Crippen molar-refractivity contribution in [1.29, 1.82) is 0 Å². The SMILES string of the molecule is Cc1cc(C(=O)COC(=O)c2ccc(=O)n(C)n2)c(C)n1-c1c(C)n(C)n(-c2ccccc2)c1=O. The zero-order chi connectivity index (χ0) is 25.4. The minimum atomic E-state index is -0.813. The van der Waals surface area contributed by atoms with Crippen LogP contribution in [-0.2, 0) is 18.8 Å². The Hall–Kier alpha value is -4.47. The molecule has 0 aliphatic carbocycles. The molecule has 0 N–H and O–H groups in total.